The van der Waals surface area contributed by atoms with Crippen molar-refractivity contribution in [3.63, 3.8) is 0 Å². The predicted molar refractivity (Wildman–Crippen MR) is 78.1 cm³/mol. The van der Waals surface area contributed by atoms with Crippen molar-refractivity contribution in [1.82, 2.24) is 9.47 Å². The van der Waals surface area contributed by atoms with Crippen molar-refractivity contribution in [2.75, 3.05) is 14.1 Å². The fourth-order valence-electron chi connectivity index (χ4n) is 1.87. The van der Waals surface area contributed by atoms with Crippen LogP contribution in [0.2, 0.25) is 0 Å². The average Bonchev–Trinajstić information content (AvgIpc) is 2.93. The van der Waals surface area contributed by atoms with Gasteiger partial charge in [0.05, 0.1) is 0 Å². The van der Waals surface area contributed by atoms with Gasteiger partial charge in [0.25, 0.3) is 5.91 Å². The third kappa shape index (κ3) is 2.78. The molecule has 4 heteroatoms. The molecule has 0 aliphatic rings. The molecule has 1 amide bonds. The van der Waals surface area contributed by atoms with Gasteiger partial charge in [-0.15, -0.1) is 0 Å². The average molecular weight is 265 g/mol. The number of hydrogen-bond donors (Lipinski definition) is 0. The fourth-order valence-corrected chi connectivity index (χ4v) is 1.87. The van der Waals surface area contributed by atoms with Gasteiger partial charge in [-0.05, 0) is 30.3 Å². The number of amides is 1. The molecule has 0 bridgehead atoms. The monoisotopic (exact) mass is 265 g/mol. The van der Waals surface area contributed by atoms with Gasteiger partial charge in [-0.1, -0.05) is 18.2 Å². The van der Waals surface area contributed by atoms with E-state index in [9.17, 15) is 4.79 Å². The van der Waals surface area contributed by atoms with E-state index in [2.05, 4.69) is 0 Å². The van der Waals surface area contributed by atoms with Gasteiger partial charge in [0.15, 0.2) is 0 Å². The van der Waals surface area contributed by atoms with Crippen molar-refractivity contribution in [2.45, 2.75) is 0 Å². The molecule has 0 aliphatic heterocycles. The van der Waals surface area contributed by atoms with Gasteiger partial charge in [0.2, 0.25) is 0 Å². The summed E-state index contributed by atoms with van der Waals surface area (Å²) < 4.78 is 1.93. The number of rotatable bonds is 3. The lowest BCUT2D eigenvalue weighted by molar-refractivity contribution is -0.124. The largest absolute Gasteiger partial charge is 0.344 e. The lowest BCUT2D eigenvalue weighted by Crippen LogP contribution is -2.22. The maximum absolute atomic E-state index is 11.9. The van der Waals surface area contributed by atoms with E-state index in [1.807, 2.05) is 59.3 Å². The lowest BCUT2D eigenvalue weighted by Gasteiger charge is -2.10. The number of benzene rings is 1. The van der Waals surface area contributed by atoms with Crippen molar-refractivity contribution in [2.24, 2.45) is 0 Å². The summed E-state index contributed by atoms with van der Waals surface area (Å²) in [6.07, 6.45) is 3.51. The van der Waals surface area contributed by atoms with Crippen molar-refractivity contribution >= 4 is 12.0 Å². The van der Waals surface area contributed by atoms with E-state index >= 15 is 0 Å². The smallest absolute Gasteiger partial charge is 0.264 e. The summed E-state index contributed by atoms with van der Waals surface area (Å²) in [4.78, 5) is 13.3. The number of nitriles is 1. The molecule has 0 aliphatic carbocycles. The molecule has 1 heterocycles. The molecule has 0 saturated heterocycles. The zero-order valence-electron chi connectivity index (χ0n) is 11.4. The second-order valence-electron chi connectivity index (χ2n) is 4.51. The maximum atomic E-state index is 11.9. The number of likely N-dealkylation sites (N-methyl/N-ethyl adjacent to an activating group) is 1. The summed E-state index contributed by atoms with van der Waals surface area (Å²) in [6, 6.07) is 15.5. The number of carbonyl (C=O) groups excluding carboxylic acids is 1. The van der Waals surface area contributed by atoms with E-state index in [4.69, 9.17) is 5.26 Å². The highest BCUT2D eigenvalue weighted by Gasteiger charge is 2.12. The van der Waals surface area contributed by atoms with Crippen LogP contribution in [0.1, 0.15) is 5.69 Å². The maximum Gasteiger partial charge on any atom is 0.264 e. The number of aromatic nitrogens is 1. The van der Waals surface area contributed by atoms with Crippen LogP contribution in [0.25, 0.3) is 11.8 Å². The molecule has 1 aromatic heterocycles. The first-order valence-corrected chi connectivity index (χ1v) is 6.19. The summed E-state index contributed by atoms with van der Waals surface area (Å²) >= 11 is 0. The van der Waals surface area contributed by atoms with Gasteiger partial charge < -0.3 is 9.47 Å². The molecule has 0 radical (unpaired) electrons. The van der Waals surface area contributed by atoms with Gasteiger partial charge in [-0.25, -0.2) is 0 Å². The van der Waals surface area contributed by atoms with Crippen LogP contribution in [0.15, 0.2) is 54.2 Å². The first-order chi connectivity index (χ1) is 9.63. The zero-order valence-corrected chi connectivity index (χ0v) is 11.4. The molecule has 0 spiro atoms. The molecule has 2 aromatic rings. The normalized spacial score (nSPS) is 10.9. The Labute approximate surface area is 118 Å². The van der Waals surface area contributed by atoms with Crippen LogP contribution in [0.5, 0.6) is 0 Å². The van der Waals surface area contributed by atoms with Gasteiger partial charge in [0, 0.05) is 31.7 Å². The molecule has 0 unspecified atom stereocenters. The predicted octanol–water partition coefficient (Wildman–Crippen LogP) is 2.47. The van der Waals surface area contributed by atoms with E-state index in [1.54, 1.807) is 20.2 Å². The van der Waals surface area contributed by atoms with Crippen LogP contribution in [0.3, 0.4) is 0 Å². The molecule has 1 aromatic carbocycles. The number of para-hydroxylation sites is 1. The van der Waals surface area contributed by atoms with E-state index in [0.29, 0.717) is 0 Å². The molecule has 0 fully saturated rings. The highest BCUT2D eigenvalue weighted by molar-refractivity contribution is 6.01. The Morgan fingerprint density at radius 1 is 1.20 bits per heavy atom. The summed E-state index contributed by atoms with van der Waals surface area (Å²) in [5, 5.41) is 9.13. The first kappa shape index (κ1) is 13.6. The molecule has 20 heavy (non-hydrogen) atoms. The Morgan fingerprint density at radius 3 is 2.50 bits per heavy atom. The van der Waals surface area contributed by atoms with Gasteiger partial charge >= 0.3 is 0 Å². The lowest BCUT2D eigenvalue weighted by atomic mass is 10.2. The van der Waals surface area contributed by atoms with Gasteiger partial charge in [-0.2, -0.15) is 5.26 Å². The Morgan fingerprint density at radius 2 is 1.90 bits per heavy atom. The van der Waals surface area contributed by atoms with Crippen LogP contribution in [0.4, 0.5) is 0 Å². The van der Waals surface area contributed by atoms with Crippen LogP contribution in [-0.4, -0.2) is 29.5 Å². The summed E-state index contributed by atoms with van der Waals surface area (Å²) in [6.45, 7) is 0. The minimum Gasteiger partial charge on any atom is -0.344 e. The molecule has 100 valence electrons. The fraction of sp³-hybridized carbons (Fsp3) is 0.125. The Hall–Kier alpha value is -2.80. The summed E-state index contributed by atoms with van der Waals surface area (Å²) in [5.41, 5.74) is 1.90. The number of nitrogens with zero attached hydrogens (tertiary/aromatic N) is 3. The molecule has 2 rings (SSSR count). The third-order valence-electron chi connectivity index (χ3n) is 2.86. The third-order valence-corrected chi connectivity index (χ3v) is 2.86. The van der Waals surface area contributed by atoms with Gasteiger partial charge in [0.1, 0.15) is 11.6 Å². The molecule has 0 atom stereocenters. The van der Waals surface area contributed by atoms with Crippen molar-refractivity contribution in [3.8, 4) is 11.8 Å². The molecule has 0 saturated carbocycles. The van der Waals surface area contributed by atoms with Crippen molar-refractivity contribution < 1.29 is 4.79 Å². The van der Waals surface area contributed by atoms with Gasteiger partial charge in [-0.3, -0.25) is 4.79 Å². The molecular formula is C16H15N3O. The Bertz CT molecular complexity index is 675. The minimum atomic E-state index is -0.298. The topological polar surface area (TPSA) is 49.0 Å². The van der Waals surface area contributed by atoms with E-state index in [-0.39, 0.29) is 11.5 Å². The van der Waals surface area contributed by atoms with Crippen LogP contribution in [0, 0.1) is 11.3 Å². The van der Waals surface area contributed by atoms with E-state index in [0.717, 1.165) is 11.4 Å². The summed E-state index contributed by atoms with van der Waals surface area (Å²) in [7, 11) is 3.26. The van der Waals surface area contributed by atoms with Crippen LogP contribution < -0.4 is 0 Å². The second kappa shape index (κ2) is 5.89. The highest BCUT2D eigenvalue weighted by atomic mass is 16.2. The van der Waals surface area contributed by atoms with Crippen molar-refractivity contribution in [1.29, 1.82) is 5.26 Å². The summed E-state index contributed by atoms with van der Waals surface area (Å²) in [5.74, 6) is -0.298. The second-order valence-corrected chi connectivity index (χ2v) is 4.51. The van der Waals surface area contributed by atoms with Crippen LogP contribution in [-0.2, 0) is 4.79 Å². The molecule has 0 N–H and O–H groups in total. The van der Waals surface area contributed by atoms with E-state index in [1.165, 1.54) is 4.90 Å². The number of carbonyl (C=O) groups is 1. The Balaban J connectivity index is 2.43. The zero-order chi connectivity index (χ0) is 14.5. The van der Waals surface area contributed by atoms with E-state index < -0.39 is 0 Å². The van der Waals surface area contributed by atoms with Crippen molar-refractivity contribution in [3.05, 3.63) is 59.9 Å². The molecule has 4 nitrogen and oxygen atoms in total. The SMILES string of the molecule is CN(C)C(=O)/C(C#N)=C\c1cccn1-c1ccccc1. The molecular weight excluding hydrogens is 250 g/mol. The first-order valence-electron chi connectivity index (χ1n) is 6.19. The van der Waals surface area contributed by atoms with Crippen LogP contribution >= 0.6 is 0 Å². The minimum absolute atomic E-state index is 0.117. The standard InChI is InChI=1S/C16H15N3O/c1-18(2)16(20)13(12-17)11-15-9-6-10-19(15)14-7-4-3-5-8-14/h3-11H,1-2H3/b13-11-. The quantitative estimate of drug-likeness (QED) is 0.632. The Kier molecular flexibility index (Phi) is 4.02. The highest BCUT2D eigenvalue weighted by Crippen LogP contribution is 2.15. The number of hydrogen-bond acceptors (Lipinski definition) is 2.